The predicted molar refractivity (Wildman–Crippen MR) is 129 cm³/mol. The molecule has 1 N–H and O–H groups in total. The Morgan fingerprint density at radius 2 is 1.62 bits per heavy atom. The molecule has 2 heterocycles. The largest absolute Gasteiger partial charge is 0.370 e. The standard InChI is InChI=1S/C25H37N3O3S/c29-25(26-15-14-21-10-4-1-5-11-21)22-12-13-23(27-16-6-2-7-17-27)24(20-22)32(30,31)28-18-8-3-9-19-28/h10,12-13,20H,1-9,11,14-19H2,(H,26,29). The highest BCUT2D eigenvalue weighted by atomic mass is 32.2. The third-order valence-corrected chi connectivity index (χ3v) is 8.90. The van der Waals surface area contributed by atoms with Crippen molar-refractivity contribution in [2.24, 2.45) is 0 Å². The maximum absolute atomic E-state index is 13.6. The molecule has 2 fully saturated rings. The van der Waals surface area contributed by atoms with E-state index in [-0.39, 0.29) is 5.91 Å². The normalized spacial score (nSPS) is 20.6. The van der Waals surface area contributed by atoms with Gasteiger partial charge in [0.05, 0.1) is 5.69 Å². The Labute approximate surface area is 193 Å². The van der Waals surface area contributed by atoms with Crippen LogP contribution in [0.1, 0.15) is 81.0 Å². The van der Waals surface area contributed by atoms with E-state index in [0.29, 0.717) is 30.1 Å². The van der Waals surface area contributed by atoms with Crippen molar-refractivity contribution in [2.45, 2.75) is 75.5 Å². The molecule has 1 aliphatic carbocycles. The number of nitrogens with one attached hydrogen (secondary N) is 1. The van der Waals surface area contributed by atoms with E-state index in [1.54, 1.807) is 16.4 Å². The zero-order chi connectivity index (χ0) is 22.4. The number of hydrogen-bond acceptors (Lipinski definition) is 4. The lowest BCUT2D eigenvalue weighted by Gasteiger charge is -2.33. The van der Waals surface area contributed by atoms with Crippen molar-refractivity contribution < 1.29 is 13.2 Å². The van der Waals surface area contributed by atoms with Crippen LogP contribution in [-0.4, -0.2) is 51.4 Å². The Hall–Kier alpha value is -1.86. The first-order chi connectivity index (χ1) is 15.6. The molecule has 0 bridgehead atoms. The molecule has 1 aromatic rings. The number of rotatable bonds is 7. The van der Waals surface area contributed by atoms with Crippen molar-refractivity contribution >= 4 is 21.6 Å². The van der Waals surface area contributed by atoms with Gasteiger partial charge in [-0.25, -0.2) is 8.42 Å². The second-order valence-corrected chi connectivity index (χ2v) is 11.2. The topological polar surface area (TPSA) is 69.7 Å². The second kappa shape index (κ2) is 10.8. The van der Waals surface area contributed by atoms with Crippen LogP contribution in [0.3, 0.4) is 0 Å². The summed E-state index contributed by atoms with van der Waals surface area (Å²) >= 11 is 0. The summed E-state index contributed by atoms with van der Waals surface area (Å²) in [4.78, 5) is 15.4. The summed E-state index contributed by atoms with van der Waals surface area (Å²) < 4.78 is 28.8. The summed E-state index contributed by atoms with van der Waals surface area (Å²) in [5.41, 5.74) is 2.60. The van der Waals surface area contributed by atoms with Crippen molar-refractivity contribution in [3.8, 4) is 0 Å². The van der Waals surface area contributed by atoms with E-state index in [0.717, 1.165) is 70.1 Å². The molecule has 0 spiro atoms. The minimum absolute atomic E-state index is 0.193. The lowest BCUT2D eigenvalue weighted by molar-refractivity contribution is 0.0954. The SMILES string of the molecule is O=C(NCCC1=CCCCC1)c1ccc(N2CCCCC2)c(S(=O)(=O)N2CCCCC2)c1. The molecule has 176 valence electrons. The number of amides is 1. The van der Waals surface area contributed by atoms with Gasteiger partial charge in [-0.15, -0.1) is 0 Å². The lowest BCUT2D eigenvalue weighted by atomic mass is 9.97. The number of benzene rings is 1. The quantitative estimate of drug-likeness (QED) is 0.611. The molecular weight excluding hydrogens is 422 g/mol. The van der Waals surface area contributed by atoms with E-state index >= 15 is 0 Å². The maximum Gasteiger partial charge on any atom is 0.251 e. The summed E-state index contributed by atoms with van der Waals surface area (Å²) in [6, 6.07) is 5.25. The van der Waals surface area contributed by atoms with Gasteiger partial charge in [-0.3, -0.25) is 4.79 Å². The first kappa shape index (κ1) is 23.3. The highest BCUT2D eigenvalue weighted by Gasteiger charge is 2.31. The molecule has 4 rings (SSSR count). The number of nitrogens with zero attached hydrogens (tertiary/aromatic N) is 2. The highest BCUT2D eigenvalue weighted by molar-refractivity contribution is 7.89. The minimum Gasteiger partial charge on any atom is -0.370 e. The molecule has 0 aromatic heterocycles. The minimum atomic E-state index is -3.63. The monoisotopic (exact) mass is 459 g/mol. The molecule has 1 aromatic carbocycles. The molecular formula is C25H37N3O3S. The van der Waals surface area contributed by atoms with Crippen molar-refractivity contribution in [1.82, 2.24) is 9.62 Å². The summed E-state index contributed by atoms with van der Waals surface area (Å²) in [5.74, 6) is -0.193. The summed E-state index contributed by atoms with van der Waals surface area (Å²) in [5, 5.41) is 3.00. The zero-order valence-corrected chi connectivity index (χ0v) is 20.0. The molecule has 0 atom stereocenters. The van der Waals surface area contributed by atoms with Crippen LogP contribution in [-0.2, 0) is 10.0 Å². The third-order valence-electron chi connectivity index (χ3n) is 6.97. The van der Waals surface area contributed by atoms with Gasteiger partial charge >= 0.3 is 0 Å². The fourth-order valence-corrected chi connectivity index (χ4v) is 6.83. The summed E-state index contributed by atoms with van der Waals surface area (Å²) in [6.45, 7) is 3.44. The van der Waals surface area contributed by atoms with Crippen molar-refractivity contribution in [2.75, 3.05) is 37.6 Å². The van der Waals surface area contributed by atoms with Crippen LogP contribution in [0.25, 0.3) is 0 Å². The van der Waals surface area contributed by atoms with Crippen LogP contribution >= 0.6 is 0 Å². The van der Waals surface area contributed by atoms with Gasteiger partial charge in [-0.1, -0.05) is 18.1 Å². The van der Waals surface area contributed by atoms with Crippen LogP contribution in [0.2, 0.25) is 0 Å². The van der Waals surface area contributed by atoms with Gasteiger partial charge in [-0.05, 0) is 82.4 Å². The number of piperidine rings is 2. The Balaban J connectivity index is 1.55. The molecule has 2 saturated heterocycles. The Kier molecular flexibility index (Phi) is 7.89. The molecule has 3 aliphatic rings. The number of sulfonamides is 1. The molecule has 6 nitrogen and oxygen atoms in total. The maximum atomic E-state index is 13.6. The summed E-state index contributed by atoms with van der Waals surface area (Å²) in [7, 11) is -3.63. The first-order valence-electron chi connectivity index (χ1n) is 12.4. The van der Waals surface area contributed by atoms with Crippen LogP contribution < -0.4 is 10.2 Å². The highest BCUT2D eigenvalue weighted by Crippen LogP contribution is 2.32. The number of carbonyl (C=O) groups is 1. The van der Waals surface area contributed by atoms with Crippen LogP contribution in [0, 0.1) is 0 Å². The zero-order valence-electron chi connectivity index (χ0n) is 19.2. The van der Waals surface area contributed by atoms with Crippen molar-refractivity contribution in [1.29, 1.82) is 0 Å². The number of carbonyl (C=O) groups excluding carboxylic acids is 1. The molecule has 0 radical (unpaired) electrons. The predicted octanol–water partition coefficient (Wildman–Crippen LogP) is 4.47. The van der Waals surface area contributed by atoms with Gasteiger partial charge in [0.2, 0.25) is 10.0 Å². The average Bonchev–Trinajstić information content (AvgIpc) is 2.85. The van der Waals surface area contributed by atoms with E-state index < -0.39 is 10.0 Å². The average molecular weight is 460 g/mol. The van der Waals surface area contributed by atoms with Gasteiger partial charge in [0.25, 0.3) is 5.91 Å². The Morgan fingerprint density at radius 3 is 2.31 bits per heavy atom. The molecule has 7 heteroatoms. The second-order valence-electron chi connectivity index (χ2n) is 9.31. The van der Waals surface area contributed by atoms with Gasteiger partial charge in [0, 0.05) is 38.3 Å². The fourth-order valence-electron chi connectivity index (χ4n) is 5.07. The van der Waals surface area contributed by atoms with E-state index in [1.807, 2.05) is 6.07 Å². The van der Waals surface area contributed by atoms with Crippen molar-refractivity contribution in [3.05, 3.63) is 35.4 Å². The van der Waals surface area contributed by atoms with E-state index in [2.05, 4.69) is 16.3 Å². The van der Waals surface area contributed by atoms with Gasteiger partial charge in [-0.2, -0.15) is 4.31 Å². The Bertz CT molecular complexity index is 930. The van der Waals surface area contributed by atoms with Gasteiger partial charge in [0.1, 0.15) is 4.90 Å². The molecule has 32 heavy (non-hydrogen) atoms. The smallest absolute Gasteiger partial charge is 0.251 e. The van der Waals surface area contributed by atoms with E-state index in [4.69, 9.17) is 0 Å². The molecule has 0 unspecified atom stereocenters. The van der Waals surface area contributed by atoms with Crippen molar-refractivity contribution in [3.63, 3.8) is 0 Å². The van der Waals surface area contributed by atoms with Gasteiger partial charge in [0.15, 0.2) is 0 Å². The number of allylic oxidation sites excluding steroid dienone is 1. The number of anilines is 1. The lowest BCUT2D eigenvalue weighted by Crippen LogP contribution is -2.38. The first-order valence-corrected chi connectivity index (χ1v) is 13.8. The Morgan fingerprint density at radius 1 is 0.906 bits per heavy atom. The van der Waals surface area contributed by atoms with Crippen LogP contribution in [0.15, 0.2) is 34.7 Å². The summed E-state index contributed by atoms with van der Waals surface area (Å²) in [6.07, 6.45) is 14.1. The molecule has 1 amide bonds. The number of hydrogen-bond donors (Lipinski definition) is 1. The van der Waals surface area contributed by atoms with E-state index in [1.165, 1.54) is 24.8 Å². The van der Waals surface area contributed by atoms with E-state index in [9.17, 15) is 13.2 Å². The van der Waals surface area contributed by atoms with Crippen LogP contribution in [0.5, 0.6) is 0 Å². The fraction of sp³-hybridized carbons (Fsp3) is 0.640. The molecule has 2 aliphatic heterocycles. The van der Waals surface area contributed by atoms with Gasteiger partial charge < -0.3 is 10.2 Å². The molecule has 0 saturated carbocycles. The third kappa shape index (κ3) is 5.54. The van der Waals surface area contributed by atoms with Crippen LogP contribution in [0.4, 0.5) is 5.69 Å².